The molecule has 0 heterocycles. The van der Waals surface area contributed by atoms with Crippen molar-refractivity contribution in [1.82, 2.24) is 5.32 Å². The van der Waals surface area contributed by atoms with Gasteiger partial charge in [-0.15, -0.1) is 0 Å². The number of hydrogen-bond donors (Lipinski definition) is 2. The van der Waals surface area contributed by atoms with Gasteiger partial charge in [-0.25, -0.2) is 0 Å². The Labute approximate surface area is 128 Å². The summed E-state index contributed by atoms with van der Waals surface area (Å²) in [4.78, 5) is 23.5. The van der Waals surface area contributed by atoms with Gasteiger partial charge in [-0.05, 0) is 31.0 Å². The first kappa shape index (κ1) is 16.8. The van der Waals surface area contributed by atoms with Crippen LogP contribution in [0.5, 0.6) is 0 Å². The van der Waals surface area contributed by atoms with Crippen LogP contribution in [0.2, 0.25) is 10.0 Å². The van der Waals surface area contributed by atoms with E-state index in [0.29, 0.717) is 15.7 Å². The molecule has 0 aliphatic rings. The van der Waals surface area contributed by atoms with Crippen LogP contribution in [0.1, 0.15) is 26.7 Å². The molecule has 0 saturated heterocycles. The van der Waals surface area contributed by atoms with E-state index in [4.69, 9.17) is 23.2 Å². The maximum atomic E-state index is 11.7. The van der Waals surface area contributed by atoms with E-state index < -0.39 is 0 Å². The van der Waals surface area contributed by atoms with Crippen molar-refractivity contribution >= 4 is 40.7 Å². The van der Waals surface area contributed by atoms with Gasteiger partial charge in [0.2, 0.25) is 11.8 Å². The summed E-state index contributed by atoms with van der Waals surface area (Å²) in [5.74, 6) is -0.484. The van der Waals surface area contributed by atoms with Crippen molar-refractivity contribution in [2.75, 3.05) is 11.9 Å². The molecule has 20 heavy (non-hydrogen) atoms. The van der Waals surface area contributed by atoms with Crippen molar-refractivity contribution in [3.8, 4) is 0 Å². The average molecular weight is 317 g/mol. The second-order valence-corrected chi connectivity index (χ2v) is 5.25. The predicted molar refractivity (Wildman–Crippen MR) is 82.2 cm³/mol. The zero-order valence-corrected chi connectivity index (χ0v) is 13.0. The van der Waals surface area contributed by atoms with Crippen LogP contribution in [-0.4, -0.2) is 18.4 Å². The number of benzene rings is 1. The van der Waals surface area contributed by atoms with Crippen molar-refractivity contribution in [1.29, 1.82) is 0 Å². The maximum Gasteiger partial charge on any atom is 0.243 e. The van der Waals surface area contributed by atoms with Gasteiger partial charge in [0.25, 0.3) is 0 Å². The van der Waals surface area contributed by atoms with Gasteiger partial charge >= 0.3 is 0 Å². The minimum atomic E-state index is -0.325. The summed E-state index contributed by atoms with van der Waals surface area (Å²) in [7, 11) is 0. The van der Waals surface area contributed by atoms with Crippen LogP contribution >= 0.6 is 23.2 Å². The molecule has 0 aromatic heterocycles. The first-order chi connectivity index (χ1) is 9.47. The summed E-state index contributed by atoms with van der Waals surface area (Å²) in [6.07, 6.45) is 1.51. The summed E-state index contributed by atoms with van der Waals surface area (Å²) in [5, 5.41) is 6.09. The number of anilines is 1. The third-order valence-electron chi connectivity index (χ3n) is 2.98. The number of amides is 2. The molecule has 0 aliphatic heterocycles. The molecular weight excluding hydrogens is 299 g/mol. The minimum Gasteiger partial charge on any atom is -0.347 e. The lowest BCUT2D eigenvalue weighted by Gasteiger charge is -2.13. The van der Waals surface area contributed by atoms with Gasteiger partial charge in [0, 0.05) is 10.9 Å². The van der Waals surface area contributed by atoms with E-state index >= 15 is 0 Å². The summed E-state index contributed by atoms with van der Waals surface area (Å²) >= 11 is 11.7. The Morgan fingerprint density at radius 1 is 1.20 bits per heavy atom. The van der Waals surface area contributed by atoms with Gasteiger partial charge in [0.15, 0.2) is 0 Å². The maximum absolute atomic E-state index is 11.7. The molecule has 0 bridgehead atoms. The first-order valence-electron chi connectivity index (χ1n) is 6.50. The lowest BCUT2D eigenvalue weighted by Crippen LogP contribution is -2.36. The van der Waals surface area contributed by atoms with Gasteiger partial charge in [0.1, 0.15) is 0 Å². The number of nitrogens with one attached hydrogen (secondary N) is 2. The summed E-state index contributed by atoms with van der Waals surface area (Å²) in [6, 6.07) is 4.79. The fourth-order valence-electron chi connectivity index (χ4n) is 1.76. The Morgan fingerprint density at radius 3 is 2.40 bits per heavy atom. The molecule has 0 fully saturated rings. The molecule has 0 saturated carbocycles. The van der Waals surface area contributed by atoms with Gasteiger partial charge in [-0.1, -0.05) is 37.0 Å². The van der Waals surface area contributed by atoms with E-state index in [1.807, 2.05) is 13.8 Å². The van der Waals surface area contributed by atoms with E-state index in [0.717, 1.165) is 12.8 Å². The van der Waals surface area contributed by atoms with E-state index in [1.54, 1.807) is 18.2 Å². The SMILES string of the molecule is CCC(CC)C(=O)NCC(=O)Nc1ccc(Cl)cc1Cl. The van der Waals surface area contributed by atoms with Crippen molar-refractivity contribution in [2.24, 2.45) is 5.92 Å². The molecule has 0 radical (unpaired) electrons. The Morgan fingerprint density at radius 2 is 1.85 bits per heavy atom. The predicted octanol–water partition coefficient (Wildman–Crippen LogP) is 3.48. The number of hydrogen-bond acceptors (Lipinski definition) is 2. The third-order valence-corrected chi connectivity index (χ3v) is 3.53. The molecular formula is C14H18Cl2N2O2. The Kier molecular flexibility index (Phi) is 6.82. The van der Waals surface area contributed by atoms with Crippen LogP contribution in [0.15, 0.2) is 18.2 Å². The molecule has 1 aromatic carbocycles. The van der Waals surface area contributed by atoms with Gasteiger partial charge in [-0.3, -0.25) is 9.59 Å². The molecule has 0 spiro atoms. The van der Waals surface area contributed by atoms with Crippen molar-refractivity contribution < 1.29 is 9.59 Å². The Hall–Kier alpha value is -1.26. The van der Waals surface area contributed by atoms with Gasteiger partial charge in [0.05, 0.1) is 17.3 Å². The smallest absolute Gasteiger partial charge is 0.243 e. The highest BCUT2D eigenvalue weighted by Gasteiger charge is 2.15. The molecule has 0 aliphatic carbocycles. The van der Waals surface area contributed by atoms with Gasteiger partial charge < -0.3 is 10.6 Å². The number of halogens is 2. The molecule has 2 amide bonds. The standard InChI is InChI=1S/C14H18Cl2N2O2/c1-3-9(4-2)14(20)17-8-13(19)18-12-6-5-10(15)7-11(12)16/h5-7,9H,3-4,8H2,1-2H3,(H,17,20)(H,18,19). The van der Waals surface area contributed by atoms with Crippen LogP contribution in [0, 0.1) is 5.92 Å². The zero-order chi connectivity index (χ0) is 15.1. The normalized spacial score (nSPS) is 10.4. The van der Waals surface area contributed by atoms with Crippen molar-refractivity contribution in [3.63, 3.8) is 0 Å². The minimum absolute atomic E-state index is 0.0538. The van der Waals surface area contributed by atoms with E-state index in [2.05, 4.69) is 10.6 Å². The summed E-state index contributed by atoms with van der Waals surface area (Å²) < 4.78 is 0. The van der Waals surface area contributed by atoms with Crippen LogP contribution in [0.25, 0.3) is 0 Å². The molecule has 6 heteroatoms. The van der Waals surface area contributed by atoms with E-state index in [1.165, 1.54) is 0 Å². The number of carbonyl (C=O) groups excluding carboxylic acids is 2. The van der Waals surface area contributed by atoms with E-state index in [9.17, 15) is 9.59 Å². The monoisotopic (exact) mass is 316 g/mol. The van der Waals surface area contributed by atoms with Crippen LogP contribution in [0.4, 0.5) is 5.69 Å². The van der Waals surface area contributed by atoms with Crippen LogP contribution < -0.4 is 10.6 Å². The van der Waals surface area contributed by atoms with Gasteiger partial charge in [-0.2, -0.15) is 0 Å². The van der Waals surface area contributed by atoms with E-state index in [-0.39, 0.29) is 24.3 Å². The molecule has 110 valence electrons. The number of rotatable bonds is 6. The Bertz CT molecular complexity index is 488. The number of carbonyl (C=O) groups is 2. The zero-order valence-electron chi connectivity index (χ0n) is 11.5. The van der Waals surface area contributed by atoms with Crippen LogP contribution in [0.3, 0.4) is 0 Å². The Balaban J connectivity index is 2.50. The molecule has 0 unspecified atom stereocenters. The molecule has 2 N–H and O–H groups in total. The second kappa shape index (κ2) is 8.12. The highest BCUT2D eigenvalue weighted by molar-refractivity contribution is 6.36. The first-order valence-corrected chi connectivity index (χ1v) is 7.26. The lowest BCUT2D eigenvalue weighted by molar-refractivity contribution is -0.127. The fraction of sp³-hybridized carbons (Fsp3) is 0.429. The lowest BCUT2D eigenvalue weighted by atomic mass is 10.0. The molecule has 1 aromatic rings. The fourth-order valence-corrected chi connectivity index (χ4v) is 2.21. The highest BCUT2D eigenvalue weighted by Crippen LogP contribution is 2.25. The summed E-state index contributed by atoms with van der Waals surface area (Å²) in [5.41, 5.74) is 0.470. The van der Waals surface area contributed by atoms with Crippen molar-refractivity contribution in [2.45, 2.75) is 26.7 Å². The molecule has 4 nitrogen and oxygen atoms in total. The van der Waals surface area contributed by atoms with Crippen LogP contribution in [-0.2, 0) is 9.59 Å². The third kappa shape index (κ3) is 5.02. The topological polar surface area (TPSA) is 58.2 Å². The van der Waals surface area contributed by atoms with Crippen molar-refractivity contribution in [3.05, 3.63) is 28.2 Å². The average Bonchev–Trinajstić information content (AvgIpc) is 2.41. The largest absolute Gasteiger partial charge is 0.347 e. The highest BCUT2D eigenvalue weighted by atomic mass is 35.5. The molecule has 1 rings (SSSR count). The second-order valence-electron chi connectivity index (χ2n) is 4.40. The quantitative estimate of drug-likeness (QED) is 0.844. The summed E-state index contributed by atoms with van der Waals surface area (Å²) in [6.45, 7) is 3.82. The molecule has 0 atom stereocenters.